The van der Waals surface area contributed by atoms with Crippen LogP contribution in [0, 0.1) is 0 Å². The van der Waals surface area contributed by atoms with Gasteiger partial charge in [0, 0.05) is 0 Å². The smallest absolute Gasteiger partial charge is 0.237 e. The Morgan fingerprint density at radius 2 is 1.79 bits per heavy atom. The van der Waals surface area contributed by atoms with Crippen LogP contribution in [0.4, 0.5) is 0 Å². The third-order valence-corrected chi connectivity index (χ3v) is 6.04. The van der Waals surface area contributed by atoms with E-state index in [-0.39, 0.29) is 0 Å². The van der Waals surface area contributed by atoms with Crippen molar-refractivity contribution in [2.75, 3.05) is 6.61 Å². The molecule has 0 aliphatic carbocycles. The summed E-state index contributed by atoms with van der Waals surface area (Å²) < 4.78 is 5.71. The van der Waals surface area contributed by atoms with Crippen LogP contribution in [0.3, 0.4) is 0 Å². The fourth-order valence-corrected chi connectivity index (χ4v) is 4.02. The zero-order valence-corrected chi connectivity index (χ0v) is 16.6. The number of phenolic OH excluding ortho intramolecular Hbond substituents is 1. The molecule has 2 rings (SSSR count). The zero-order valence-electron chi connectivity index (χ0n) is 14.0. The molecule has 2 aromatic carbocycles. The monoisotopic (exact) mass is 382 g/mol. The van der Waals surface area contributed by atoms with Crippen LogP contribution in [0.1, 0.15) is 31.7 Å². The number of rotatable bonds is 9. The fraction of sp³-hybridized carbons (Fsp3) is 0.368. The highest BCUT2D eigenvalue weighted by Crippen LogP contribution is 2.30. The van der Waals surface area contributed by atoms with E-state index in [9.17, 15) is 5.11 Å². The van der Waals surface area contributed by atoms with Crippen LogP contribution in [0.2, 0.25) is 6.04 Å². The number of phenols is 1. The van der Waals surface area contributed by atoms with Gasteiger partial charge in [-0.25, -0.2) is 0 Å². The van der Waals surface area contributed by atoms with Gasteiger partial charge in [0.2, 0.25) is 7.42 Å². The van der Waals surface area contributed by atoms with Crippen molar-refractivity contribution in [3.05, 3.63) is 48.0 Å². The molecule has 2 aromatic rings. The second-order valence-electron chi connectivity index (χ2n) is 5.85. The lowest BCUT2D eigenvalue weighted by Crippen LogP contribution is -1.97. The second kappa shape index (κ2) is 9.97. The number of ether oxygens (including phenoxy) is 1. The van der Waals surface area contributed by atoms with Gasteiger partial charge in [-0.15, -0.1) is 0 Å². The number of unbranched alkanes of at least 4 members (excludes halogenated alkanes) is 1. The highest BCUT2D eigenvalue weighted by atomic mass is 35.7. The summed E-state index contributed by atoms with van der Waals surface area (Å²) in [5.41, 5.74) is 3.38. The lowest BCUT2D eigenvalue weighted by molar-refractivity contribution is 0.309. The zero-order chi connectivity index (χ0) is 17.4. The van der Waals surface area contributed by atoms with Crippen LogP contribution in [-0.4, -0.2) is 19.1 Å². The van der Waals surface area contributed by atoms with Crippen LogP contribution >= 0.6 is 22.2 Å². The van der Waals surface area contributed by atoms with Crippen molar-refractivity contribution < 1.29 is 9.84 Å². The van der Waals surface area contributed by atoms with Crippen molar-refractivity contribution in [2.24, 2.45) is 0 Å². The van der Waals surface area contributed by atoms with Gasteiger partial charge in [-0.05, 0) is 66.3 Å². The van der Waals surface area contributed by atoms with E-state index in [1.54, 1.807) is 6.07 Å². The van der Waals surface area contributed by atoms with Gasteiger partial charge in [-0.1, -0.05) is 31.5 Å². The van der Waals surface area contributed by atoms with Gasteiger partial charge in [-0.2, -0.15) is 22.2 Å². The maximum Gasteiger partial charge on any atom is 0.237 e. The number of hydrogen-bond acceptors (Lipinski definition) is 2. The lowest BCUT2D eigenvalue weighted by Gasteiger charge is -2.12. The van der Waals surface area contributed by atoms with Crippen molar-refractivity contribution in [1.29, 1.82) is 0 Å². The van der Waals surface area contributed by atoms with Crippen LogP contribution in [0.15, 0.2) is 42.5 Å². The number of hydrogen-bond donors (Lipinski definition) is 1. The molecule has 0 aliphatic rings. The summed E-state index contributed by atoms with van der Waals surface area (Å²) in [7, 11) is -1.57. The molecular formula is C19H24Cl2O2Si. The van der Waals surface area contributed by atoms with Crippen molar-refractivity contribution >= 4 is 29.6 Å². The first-order valence-corrected chi connectivity index (χ1v) is 12.7. The highest BCUT2D eigenvalue weighted by molar-refractivity contribution is 7.33. The number of benzene rings is 2. The predicted molar refractivity (Wildman–Crippen MR) is 106 cm³/mol. The fourth-order valence-electron chi connectivity index (χ4n) is 2.58. The Hall–Kier alpha value is -1.16. The Kier molecular flexibility index (Phi) is 7.96. The van der Waals surface area contributed by atoms with Crippen LogP contribution in [-0.2, 0) is 6.42 Å². The van der Waals surface area contributed by atoms with Crippen LogP contribution in [0.5, 0.6) is 11.5 Å². The summed E-state index contributed by atoms with van der Waals surface area (Å²) in [6, 6.07) is 14.5. The van der Waals surface area contributed by atoms with Gasteiger partial charge in [0.05, 0.1) is 6.61 Å². The Balaban J connectivity index is 2.12. The minimum atomic E-state index is -1.57. The van der Waals surface area contributed by atoms with E-state index < -0.39 is 7.42 Å². The van der Waals surface area contributed by atoms with Crippen LogP contribution < -0.4 is 4.74 Å². The molecule has 0 radical (unpaired) electrons. The lowest BCUT2D eigenvalue weighted by atomic mass is 9.96. The Morgan fingerprint density at radius 3 is 2.46 bits per heavy atom. The molecule has 0 saturated carbocycles. The molecule has 130 valence electrons. The van der Waals surface area contributed by atoms with Gasteiger partial charge in [-0.3, -0.25) is 0 Å². The molecular weight excluding hydrogens is 359 g/mol. The van der Waals surface area contributed by atoms with Crippen molar-refractivity contribution in [2.45, 2.75) is 38.7 Å². The molecule has 2 nitrogen and oxygen atoms in total. The normalized spacial score (nSPS) is 11.0. The highest BCUT2D eigenvalue weighted by Gasteiger charge is 2.09. The Morgan fingerprint density at radius 1 is 1.04 bits per heavy atom. The second-order valence-corrected chi connectivity index (χ2v) is 11.0. The summed E-state index contributed by atoms with van der Waals surface area (Å²) in [6.07, 6.45) is 4.00. The van der Waals surface area contributed by atoms with E-state index in [0.717, 1.165) is 60.8 Å². The first-order chi connectivity index (χ1) is 11.6. The molecule has 1 N–H and O–H groups in total. The average molecular weight is 383 g/mol. The van der Waals surface area contributed by atoms with Crippen molar-refractivity contribution in [1.82, 2.24) is 0 Å². The standard InChI is InChI=1S/C19H24Cl2O2Si/c1-2-3-12-23-18-9-6-15(7-10-18)19-11-8-17(22)14-16(19)5-4-13-24(20)21/h6-11,14,22,24H,2-5,12-13H2,1H3. The first-order valence-electron chi connectivity index (χ1n) is 8.43. The molecule has 0 saturated heterocycles. The van der Waals surface area contributed by atoms with E-state index in [0.29, 0.717) is 5.75 Å². The van der Waals surface area contributed by atoms with E-state index >= 15 is 0 Å². The van der Waals surface area contributed by atoms with Crippen molar-refractivity contribution in [3.8, 4) is 22.6 Å². The summed E-state index contributed by atoms with van der Waals surface area (Å²) in [6.45, 7) is 2.90. The molecule has 24 heavy (non-hydrogen) atoms. The van der Waals surface area contributed by atoms with E-state index in [1.807, 2.05) is 24.3 Å². The third-order valence-electron chi connectivity index (χ3n) is 3.89. The molecule has 0 fully saturated rings. The molecule has 0 heterocycles. The number of aryl methyl sites for hydroxylation is 1. The summed E-state index contributed by atoms with van der Waals surface area (Å²) in [4.78, 5) is 0. The molecule has 0 spiro atoms. The van der Waals surface area contributed by atoms with Gasteiger partial charge in [0.1, 0.15) is 11.5 Å². The summed E-state index contributed by atoms with van der Waals surface area (Å²) in [5.74, 6) is 1.18. The molecule has 0 unspecified atom stereocenters. The van der Waals surface area contributed by atoms with Crippen molar-refractivity contribution in [3.63, 3.8) is 0 Å². The minimum Gasteiger partial charge on any atom is -0.508 e. The molecule has 5 heteroatoms. The Labute approximate surface area is 155 Å². The van der Waals surface area contributed by atoms with Gasteiger partial charge >= 0.3 is 0 Å². The summed E-state index contributed by atoms with van der Waals surface area (Å²) in [5, 5.41) is 9.79. The molecule has 0 bridgehead atoms. The van der Waals surface area contributed by atoms with E-state index in [1.165, 1.54) is 0 Å². The predicted octanol–water partition coefficient (Wildman–Crippen LogP) is 5.87. The molecule has 0 atom stereocenters. The largest absolute Gasteiger partial charge is 0.508 e. The molecule has 0 aliphatic heterocycles. The van der Waals surface area contributed by atoms with Gasteiger partial charge < -0.3 is 9.84 Å². The quantitative estimate of drug-likeness (QED) is 0.333. The van der Waals surface area contributed by atoms with E-state index in [4.69, 9.17) is 26.9 Å². The SMILES string of the molecule is CCCCOc1ccc(-c2ccc(O)cc2CCC[SiH](Cl)Cl)cc1. The third kappa shape index (κ3) is 6.04. The number of aromatic hydroxyl groups is 1. The molecule has 0 amide bonds. The van der Waals surface area contributed by atoms with Crippen LogP contribution in [0.25, 0.3) is 11.1 Å². The maximum absolute atomic E-state index is 9.79. The number of halogens is 2. The minimum absolute atomic E-state index is 0.291. The maximum atomic E-state index is 9.79. The summed E-state index contributed by atoms with van der Waals surface area (Å²) >= 11 is 11.9. The van der Waals surface area contributed by atoms with Gasteiger partial charge in [0.25, 0.3) is 0 Å². The van der Waals surface area contributed by atoms with E-state index in [2.05, 4.69) is 19.1 Å². The topological polar surface area (TPSA) is 29.5 Å². The molecule has 0 aromatic heterocycles. The average Bonchev–Trinajstić information content (AvgIpc) is 2.56. The Bertz CT molecular complexity index is 630. The first kappa shape index (κ1) is 19.2. The van der Waals surface area contributed by atoms with Gasteiger partial charge in [0.15, 0.2) is 0 Å².